The second kappa shape index (κ2) is 10.5. The molecule has 0 aliphatic carbocycles. The third-order valence-electron chi connectivity index (χ3n) is 4.85. The summed E-state index contributed by atoms with van der Waals surface area (Å²) in [7, 11) is 1.53. The van der Waals surface area contributed by atoms with Gasteiger partial charge in [0.05, 0.1) is 18.6 Å². The Morgan fingerprint density at radius 3 is 2.24 bits per heavy atom. The quantitative estimate of drug-likeness (QED) is 0.334. The molecule has 0 saturated heterocycles. The fraction of sp³-hybridized carbons (Fsp3) is 0.120. The summed E-state index contributed by atoms with van der Waals surface area (Å²) in [4.78, 5) is 17.3. The molecule has 0 aliphatic rings. The van der Waals surface area contributed by atoms with Crippen molar-refractivity contribution in [2.45, 2.75) is 12.1 Å². The molecule has 1 N–H and O–H groups in total. The summed E-state index contributed by atoms with van der Waals surface area (Å²) < 4.78 is 5.32. The number of halogens is 1. The molecule has 3 aromatic carbocycles. The van der Waals surface area contributed by atoms with E-state index in [9.17, 15) is 4.79 Å². The van der Waals surface area contributed by atoms with Crippen LogP contribution < -0.4 is 10.1 Å². The number of anilines is 1. The number of hydrogen-bond acceptors (Lipinski definition) is 6. The van der Waals surface area contributed by atoms with E-state index in [1.54, 1.807) is 12.1 Å². The number of nitrogens with one attached hydrogen (secondary N) is 1. The van der Waals surface area contributed by atoms with Gasteiger partial charge in [0.2, 0.25) is 11.1 Å². The van der Waals surface area contributed by atoms with Gasteiger partial charge in [-0.3, -0.25) is 4.79 Å². The molecule has 0 unspecified atom stereocenters. The van der Waals surface area contributed by atoms with E-state index >= 15 is 0 Å². The average Bonchev–Trinajstić information content (AvgIpc) is 2.85. The van der Waals surface area contributed by atoms with Crippen molar-refractivity contribution in [2.24, 2.45) is 0 Å². The van der Waals surface area contributed by atoms with Gasteiger partial charge in [-0.25, -0.2) is 4.98 Å². The number of aryl methyl sites for hydroxylation is 1. The van der Waals surface area contributed by atoms with Gasteiger partial charge < -0.3 is 10.1 Å². The minimum Gasteiger partial charge on any atom is -0.495 e. The highest BCUT2D eigenvalue weighted by Gasteiger charge is 2.15. The maximum Gasteiger partial charge on any atom is 0.234 e. The first-order chi connectivity index (χ1) is 16.0. The van der Waals surface area contributed by atoms with Gasteiger partial charge in [-0.05, 0) is 18.6 Å². The van der Waals surface area contributed by atoms with Crippen molar-refractivity contribution in [3.8, 4) is 28.3 Å². The highest BCUT2D eigenvalue weighted by molar-refractivity contribution is 7.99. The van der Waals surface area contributed by atoms with Gasteiger partial charge in [0.1, 0.15) is 17.1 Å². The molecule has 0 atom stereocenters. The summed E-state index contributed by atoms with van der Waals surface area (Å²) in [6.45, 7) is 1.87. The number of aromatic nitrogens is 3. The van der Waals surface area contributed by atoms with Crippen LogP contribution in [-0.2, 0) is 4.79 Å². The zero-order chi connectivity index (χ0) is 23.2. The molecule has 0 aliphatic heterocycles. The van der Waals surface area contributed by atoms with E-state index in [1.807, 2.05) is 67.6 Å². The van der Waals surface area contributed by atoms with Crippen molar-refractivity contribution in [1.82, 2.24) is 15.2 Å². The van der Waals surface area contributed by atoms with E-state index in [0.29, 0.717) is 27.3 Å². The van der Waals surface area contributed by atoms with Gasteiger partial charge in [0, 0.05) is 22.2 Å². The number of thioether (sulfide) groups is 1. The lowest BCUT2D eigenvalue weighted by atomic mass is 10.0. The summed E-state index contributed by atoms with van der Waals surface area (Å²) >= 11 is 7.36. The van der Waals surface area contributed by atoms with Crippen molar-refractivity contribution in [2.75, 3.05) is 18.2 Å². The van der Waals surface area contributed by atoms with Crippen molar-refractivity contribution in [3.05, 3.63) is 83.4 Å². The Bertz CT molecular complexity index is 1270. The van der Waals surface area contributed by atoms with Crippen LogP contribution in [0.15, 0.2) is 78.0 Å². The molecular weight excluding hydrogens is 456 g/mol. The maximum absolute atomic E-state index is 12.6. The Morgan fingerprint density at radius 2 is 1.61 bits per heavy atom. The molecule has 0 spiro atoms. The summed E-state index contributed by atoms with van der Waals surface area (Å²) in [5.41, 5.74) is 4.67. The van der Waals surface area contributed by atoms with Gasteiger partial charge >= 0.3 is 0 Å². The lowest BCUT2D eigenvalue weighted by Gasteiger charge is -2.12. The molecule has 0 saturated carbocycles. The highest BCUT2D eigenvalue weighted by atomic mass is 35.5. The van der Waals surface area contributed by atoms with Crippen LogP contribution in [0.3, 0.4) is 0 Å². The SMILES string of the molecule is COc1cc(Cl)c(C)cc1NC(=O)CSc1nnc(-c2ccccc2)c(-c2ccccc2)n1. The molecule has 1 aromatic heterocycles. The molecular formula is C25H21ClN4O2S. The van der Waals surface area contributed by atoms with E-state index in [0.717, 1.165) is 22.4 Å². The summed E-state index contributed by atoms with van der Waals surface area (Å²) in [5.74, 6) is 0.406. The number of methoxy groups -OCH3 is 1. The third-order valence-corrected chi connectivity index (χ3v) is 6.09. The Hall–Kier alpha value is -3.42. The topological polar surface area (TPSA) is 77.0 Å². The van der Waals surface area contributed by atoms with Crippen LogP contribution >= 0.6 is 23.4 Å². The van der Waals surface area contributed by atoms with E-state index in [4.69, 9.17) is 21.3 Å². The van der Waals surface area contributed by atoms with Crippen LogP contribution in [0.4, 0.5) is 5.69 Å². The van der Waals surface area contributed by atoms with Gasteiger partial charge in [-0.2, -0.15) is 0 Å². The maximum atomic E-state index is 12.6. The fourth-order valence-corrected chi connectivity index (χ4v) is 3.95. The molecule has 166 valence electrons. The number of nitrogens with zero attached hydrogens (tertiary/aromatic N) is 3. The van der Waals surface area contributed by atoms with Crippen molar-refractivity contribution < 1.29 is 9.53 Å². The smallest absolute Gasteiger partial charge is 0.234 e. The average molecular weight is 477 g/mol. The zero-order valence-corrected chi connectivity index (χ0v) is 19.7. The normalized spacial score (nSPS) is 10.6. The van der Waals surface area contributed by atoms with Crippen LogP contribution in [0.1, 0.15) is 5.56 Å². The zero-order valence-electron chi connectivity index (χ0n) is 18.1. The lowest BCUT2D eigenvalue weighted by Crippen LogP contribution is -2.15. The molecule has 4 aromatic rings. The molecule has 4 rings (SSSR count). The number of hydrogen-bond donors (Lipinski definition) is 1. The van der Waals surface area contributed by atoms with Crippen LogP contribution in [0.5, 0.6) is 5.75 Å². The Balaban J connectivity index is 1.54. The summed E-state index contributed by atoms with van der Waals surface area (Å²) in [6.07, 6.45) is 0. The van der Waals surface area contributed by atoms with E-state index in [1.165, 1.54) is 18.9 Å². The number of carbonyl (C=O) groups is 1. The Labute approximate surface area is 201 Å². The number of carbonyl (C=O) groups excluding carboxylic acids is 1. The second-order valence-electron chi connectivity index (χ2n) is 7.16. The van der Waals surface area contributed by atoms with E-state index in [-0.39, 0.29) is 11.7 Å². The Kier molecular flexibility index (Phi) is 7.22. The lowest BCUT2D eigenvalue weighted by molar-refractivity contribution is -0.113. The predicted molar refractivity (Wildman–Crippen MR) is 133 cm³/mol. The minimum absolute atomic E-state index is 0.116. The number of ether oxygens (including phenoxy) is 1. The van der Waals surface area contributed by atoms with E-state index < -0.39 is 0 Å². The fourth-order valence-electron chi connectivity index (χ4n) is 3.21. The Morgan fingerprint density at radius 1 is 0.970 bits per heavy atom. The van der Waals surface area contributed by atoms with Gasteiger partial charge in [0.25, 0.3) is 0 Å². The first kappa shape index (κ1) is 22.8. The number of rotatable bonds is 7. The standard InChI is InChI=1S/C25H21ClN4O2S/c1-16-13-20(21(32-2)14-19(16)26)27-22(31)15-33-25-28-23(17-9-5-3-6-10-17)24(29-30-25)18-11-7-4-8-12-18/h3-14H,15H2,1-2H3,(H,27,31). The molecule has 33 heavy (non-hydrogen) atoms. The molecule has 6 nitrogen and oxygen atoms in total. The van der Waals surface area contributed by atoms with Crippen LogP contribution in [0, 0.1) is 6.92 Å². The van der Waals surface area contributed by atoms with Gasteiger partial charge in [-0.1, -0.05) is 84.0 Å². The number of benzene rings is 3. The van der Waals surface area contributed by atoms with Crippen molar-refractivity contribution >= 4 is 35.0 Å². The molecule has 1 amide bonds. The van der Waals surface area contributed by atoms with Crippen LogP contribution in [0.25, 0.3) is 22.5 Å². The first-order valence-electron chi connectivity index (χ1n) is 10.2. The molecule has 0 fully saturated rings. The highest BCUT2D eigenvalue weighted by Crippen LogP contribution is 2.32. The third kappa shape index (κ3) is 5.50. The monoisotopic (exact) mass is 476 g/mol. The largest absolute Gasteiger partial charge is 0.495 e. The van der Waals surface area contributed by atoms with Crippen molar-refractivity contribution in [3.63, 3.8) is 0 Å². The van der Waals surface area contributed by atoms with Gasteiger partial charge in [0.15, 0.2) is 0 Å². The van der Waals surface area contributed by atoms with E-state index in [2.05, 4.69) is 15.5 Å². The second-order valence-corrected chi connectivity index (χ2v) is 8.51. The first-order valence-corrected chi connectivity index (χ1v) is 11.5. The summed E-state index contributed by atoms with van der Waals surface area (Å²) in [5, 5.41) is 12.6. The molecule has 0 bridgehead atoms. The van der Waals surface area contributed by atoms with Crippen LogP contribution in [0.2, 0.25) is 5.02 Å². The van der Waals surface area contributed by atoms with Crippen molar-refractivity contribution in [1.29, 1.82) is 0 Å². The van der Waals surface area contributed by atoms with Gasteiger partial charge in [-0.15, -0.1) is 10.2 Å². The molecule has 8 heteroatoms. The predicted octanol–water partition coefficient (Wildman–Crippen LogP) is 5.91. The number of amides is 1. The summed E-state index contributed by atoms with van der Waals surface area (Å²) in [6, 6.07) is 23.1. The molecule has 0 radical (unpaired) electrons. The minimum atomic E-state index is -0.211. The molecule has 1 heterocycles. The van der Waals surface area contributed by atoms with Crippen LogP contribution in [-0.4, -0.2) is 34.0 Å².